The van der Waals surface area contributed by atoms with Gasteiger partial charge in [-0.05, 0) is 11.6 Å². The Morgan fingerprint density at radius 2 is 2.28 bits per heavy atom. The highest BCUT2D eigenvalue weighted by Gasteiger charge is 2.37. The zero-order valence-electron chi connectivity index (χ0n) is 9.80. The molecule has 2 aliphatic heterocycles. The first-order valence-electron chi connectivity index (χ1n) is 5.95. The number of halogens is 1. The maximum absolute atomic E-state index is 12.2. The molecule has 1 saturated heterocycles. The molecule has 1 amide bonds. The summed E-state index contributed by atoms with van der Waals surface area (Å²) in [7, 11) is 0. The minimum atomic E-state index is -0.152. The Bertz CT molecular complexity index is 515. The van der Waals surface area contributed by atoms with Crippen molar-refractivity contribution in [2.24, 2.45) is 11.0 Å². The summed E-state index contributed by atoms with van der Waals surface area (Å²) < 4.78 is 6.34. The van der Waals surface area contributed by atoms with Crippen LogP contribution in [0, 0.1) is 5.92 Å². The molecule has 0 bridgehead atoms. The number of ether oxygens (including phenoxy) is 1. The van der Waals surface area contributed by atoms with Crippen molar-refractivity contribution in [3.05, 3.63) is 34.3 Å². The van der Waals surface area contributed by atoms with Gasteiger partial charge >= 0.3 is 0 Å². The molecule has 94 valence electrons. The number of rotatable bonds is 2. The summed E-state index contributed by atoms with van der Waals surface area (Å²) in [4.78, 5) is 12.2. The van der Waals surface area contributed by atoms with Crippen molar-refractivity contribution in [2.45, 2.75) is 13.0 Å². The van der Waals surface area contributed by atoms with Crippen LogP contribution in [0.15, 0.2) is 33.8 Å². The molecule has 0 saturated carbocycles. The second-order valence-corrected chi connectivity index (χ2v) is 5.31. The summed E-state index contributed by atoms with van der Waals surface area (Å²) in [6, 6.07) is 7.89. The zero-order chi connectivity index (χ0) is 12.5. The van der Waals surface area contributed by atoms with E-state index in [4.69, 9.17) is 4.74 Å². The van der Waals surface area contributed by atoms with Crippen LogP contribution in [0.5, 0.6) is 0 Å². The first-order valence-corrected chi connectivity index (χ1v) is 6.75. The van der Waals surface area contributed by atoms with Gasteiger partial charge in [0.2, 0.25) is 0 Å². The van der Waals surface area contributed by atoms with E-state index >= 15 is 0 Å². The van der Waals surface area contributed by atoms with Gasteiger partial charge in [-0.2, -0.15) is 5.10 Å². The summed E-state index contributed by atoms with van der Waals surface area (Å²) in [5.41, 5.74) is 2.04. The van der Waals surface area contributed by atoms with E-state index in [1.54, 1.807) is 5.01 Å². The van der Waals surface area contributed by atoms with E-state index in [2.05, 4.69) is 21.0 Å². The summed E-state index contributed by atoms with van der Waals surface area (Å²) in [6.45, 7) is 1.66. The minimum absolute atomic E-state index is 0.0560. The van der Waals surface area contributed by atoms with Crippen molar-refractivity contribution in [1.82, 2.24) is 5.01 Å². The van der Waals surface area contributed by atoms with Crippen molar-refractivity contribution in [3.63, 3.8) is 0 Å². The average molecular weight is 309 g/mol. The molecule has 3 rings (SSSR count). The van der Waals surface area contributed by atoms with Crippen LogP contribution < -0.4 is 0 Å². The standard InChI is InChI=1S/C13H13BrN2O2/c14-11-4-2-1-3-9(11)7-16-13(17)10-8-18-6-5-12(10)15-16/h1-4,10H,5-8H2. The molecule has 0 aliphatic carbocycles. The molecule has 1 aromatic carbocycles. The maximum Gasteiger partial charge on any atom is 0.254 e. The molecule has 0 aromatic heterocycles. The molecule has 4 nitrogen and oxygen atoms in total. The van der Waals surface area contributed by atoms with E-state index in [1.807, 2.05) is 24.3 Å². The van der Waals surface area contributed by atoms with Crippen LogP contribution in [-0.2, 0) is 16.1 Å². The number of hydrogen-bond donors (Lipinski definition) is 0. The predicted molar refractivity (Wildman–Crippen MR) is 71.1 cm³/mol. The van der Waals surface area contributed by atoms with E-state index < -0.39 is 0 Å². The number of hydrazone groups is 1. The second kappa shape index (κ2) is 4.82. The lowest BCUT2D eigenvalue weighted by Crippen LogP contribution is -2.33. The Labute approximate surface area is 114 Å². The van der Waals surface area contributed by atoms with Gasteiger partial charge in [-0.3, -0.25) is 4.79 Å². The molecule has 18 heavy (non-hydrogen) atoms. The molecule has 5 heteroatoms. The van der Waals surface area contributed by atoms with Crippen molar-refractivity contribution in [1.29, 1.82) is 0 Å². The third-order valence-electron chi connectivity index (χ3n) is 3.27. The Morgan fingerprint density at radius 1 is 1.44 bits per heavy atom. The molecule has 1 unspecified atom stereocenters. The van der Waals surface area contributed by atoms with Crippen LogP contribution >= 0.6 is 15.9 Å². The molecule has 0 spiro atoms. The summed E-state index contributed by atoms with van der Waals surface area (Å²) >= 11 is 3.49. The lowest BCUT2D eigenvalue weighted by atomic mass is 10.0. The largest absolute Gasteiger partial charge is 0.380 e. The van der Waals surface area contributed by atoms with E-state index in [-0.39, 0.29) is 11.8 Å². The van der Waals surface area contributed by atoms with E-state index in [0.29, 0.717) is 19.8 Å². The molecule has 1 atom stereocenters. The molecular weight excluding hydrogens is 296 g/mol. The van der Waals surface area contributed by atoms with Gasteiger partial charge in [-0.25, -0.2) is 5.01 Å². The van der Waals surface area contributed by atoms with E-state index in [0.717, 1.165) is 22.2 Å². The fourth-order valence-electron chi connectivity index (χ4n) is 2.27. The summed E-state index contributed by atoms with van der Waals surface area (Å²) in [6.07, 6.45) is 0.767. The zero-order valence-corrected chi connectivity index (χ0v) is 11.4. The Balaban J connectivity index is 1.80. The van der Waals surface area contributed by atoms with Crippen LogP contribution in [0.4, 0.5) is 0 Å². The highest BCUT2D eigenvalue weighted by Crippen LogP contribution is 2.25. The number of amides is 1. The topological polar surface area (TPSA) is 41.9 Å². The van der Waals surface area contributed by atoms with Gasteiger partial charge in [0.15, 0.2) is 0 Å². The monoisotopic (exact) mass is 308 g/mol. The Hall–Kier alpha value is -1.20. The normalized spacial score (nSPS) is 22.9. The number of carbonyl (C=O) groups excluding carboxylic acids is 1. The Kier molecular flexibility index (Phi) is 3.18. The van der Waals surface area contributed by atoms with Gasteiger partial charge in [0.05, 0.1) is 25.5 Å². The van der Waals surface area contributed by atoms with Crippen LogP contribution in [0.1, 0.15) is 12.0 Å². The number of hydrogen-bond acceptors (Lipinski definition) is 3. The fraction of sp³-hybridized carbons (Fsp3) is 0.385. The molecule has 1 aromatic rings. The third kappa shape index (κ3) is 2.08. The van der Waals surface area contributed by atoms with Crippen molar-refractivity contribution < 1.29 is 9.53 Å². The quantitative estimate of drug-likeness (QED) is 0.840. The van der Waals surface area contributed by atoms with Crippen LogP contribution in [0.25, 0.3) is 0 Å². The molecule has 0 radical (unpaired) electrons. The maximum atomic E-state index is 12.2. The number of benzene rings is 1. The fourth-order valence-corrected chi connectivity index (χ4v) is 2.68. The SMILES string of the molecule is O=C1C2COCCC2=NN1Cc1ccccc1Br. The molecular formula is C13H13BrN2O2. The number of carbonyl (C=O) groups is 1. The van der Waals surface area contributed by atoms with Crippen molar-refractivity contribution in [2.75, 3.05) is 13.2 Å². The van der Waals surface area contributed by atoms with Gasteiger partial charge in [-0.1, -0.05) is 34.1 Å². The van der Waals surface area contributed by atoms with Gasteiger partial charge in [0, 0.05) is 10.9 Å². The van der Waals surface area contributed by atoms with Crippen LogP contribution in [0.3, 0.4) is 0 Å². The Morgan fingerprint density at radius 3 is 3.06 bits per heavy atom. The van der Waals surface area contributed by atoms with Crippen LogP contribution in [0.2, 0.25) is 0 Å². The first kappa shape index (κ1) is 11.9. The average Bonchev–Trinajstić information content (AvgIpc) is 2.70. The highest BCUT2D eigenvalue weighted by molar-refractivity contribution is 9.10. The third-order valence-corrected chi connectivity index (χ3v) is 4.04. The van der Waals surface area contributed by atoms with E-state index in [1.165, 1.54) is 0 Å². The molecule has 1 fully saturated rings. The lowest BCUT2D eigenvalue weighted by Gasteiger charge is -2.17. The predicted octanol–water partition coefficient (Wildman–Crippen LogP) is 2.18. The number of fused-ring (bicyclic) bond motifs is 1. The molecule has 0 N–H and O–H groups in total. The highest BCUT2D eigenvalue weighted by atomic mass is 79.9. The second-order valence-electron chi connectivity index (χ2n) is 4.46. The van der Waals surface area contributed by atoms with Gasteiger partial charge in [0.25, 0.3) is 5.91 Å². The molecule has 2 aliphatic rings. The number of nitrogens with zero attached hydrogens (tertiary/aromatic N) is 2. The van der Waals surface area contributed by atoms with Gasteiger partial charge in [0.1, 0.15) is 5.92 Å². The first-order chi connectivity index (χ1) is 8.75. The van der Waals surface area contributed by atoms with Crippen molar-refractivity contribution >= 4 is 27.5 Å². The van der Waals surface area contributed by atoms with Crippen molar-refractivity contribution in [3.8, 4) is 0 Å². The smallest absolute Gasteiger partial charge is 0.254 e. The summed E-state index contributed by atoms with van der Waals surface area (Å²) in [5, 5.41) is 5.99. The lowest BCUT2D eigenvalue weighted by molar-refractivity contribution is -0.134. The minimum Gasteiger partial charge on any atom is -0.380 e. The van der Waals surface area contributed by atoms with E-state index in [9.17, 15) is 4.79 Å². The molecule has 2 heterocycles. The van der Waals surface area contributed by atoms with Gasteiger partial charge < -0.3 is 4.74 Å². The van der Waals surface area contributed by atoms with Gasteiger partial charge in [-0.15, -0.1) is 0 Å². The van der Waals surface area contributed by atoms with Crippen LogP contribution in [-0.4, -0.2) is 29.8 Å². The summed E-state index contributed by atoms with van der Waals surface area (Å²) in [5.74, 6) is -0.0957.